The molecule has 0 amide bonds. The predicted octanol–water partition coefficient (Wildman–Crippen LogP) is -0.769. The molecule has 21 heavy (non-hydrogen) atoms. The van der Waals surface area contributed by atoms with Gasteiger partial charge in [-0.1, -0.05) is 72.8 Å². The number of allylic oxidation sites excluding steroid dienone is 2. The average molecular weight is 260 g/mol. The molecule has 4 rings (SSSR count). The zero-order chi connectivity index (χ0) is 12.7. The van der Waals surface area contributed by atoms with Crippen molar-refractivity contribution >= 4 is 12.2 Å². The van der Waals surface area contributed by atoms with E-state index < -0.39 is 0 Å². The van der Waals surface area contributed by atoms with Crippen LogP contribution in [0.15, 0.2) is 60.7 Å². The van der Waals surface area contributed by atoms with E-state index in [9.17, 15) is 0 Å². The molecule has 0 N–H and O–H groups in total. The van der Waals surface area contributed by atoms with Crippen LogP contribution in [0.2, 0.25) is 0 Å². The third-order valence-corrected chi connectivity index (χ3v) is 4.32. The summed E-state index contributed by atoms with van der Waals surface area (Å²) in [6, 6.07) is 17.5. The summed E-state index contributed by atoms with van der Waals surface area (Å²) in [6.45, 7) is 0. The zero-order valence-electron chi connectivity index (χ0n) is 14.8. The van der Waals surface area contributed by atoms with Gasteiger partial charge in [0.15, 0.2) is 0 Å². The van der Waals surface area contributed by atoms with Crippen LogP contribution in [0.1, 0.15) is 43.4 Å². The molecule has 0 nitrogen and oxygen atoms in total. The first kappa shape index (κ1) is 16.5. The topological polar surface area (TPSA) is 0 Å². The predicted molar refractivity (Wildman–Crippen MR) is 83.3 cm³/mol. The van der Waals surface area contributed by atoms with Crippen molar-refractivity contribution < 1.29 is 40.6 Å². The Morgan fingerprint density at radius 2 is 1.10 bits per heavy atom. The maximum absolute atomic E-state index is 2.36. The molecular formula is C19H18Li2. The van der Waals surface area contributed by atoms with Crippen LogP contribution in [0, 0.1) is 0 Å². The van der Waals surface area contributed by atoms with E-state index in [2.05, 4.69) is 72.8 Å². The van der Waals surface area contributed by atoms with E-state index in [0.717, 1.165) is 0 Å². The molecule has 0 saturated carbocycles. The van der Waals surface area contributed by atoms with Crippen molar-refractivity contribution in [2.75, 3.05) is 0 Å². The van der Waals surface area contributed by atoms with Crippen molar-refractivity contribution in [1.82, 2.24) is 0 Å². The Morgan fingerprint density at radius 3 is 1.57 bits per heavy atom. The Labute approximate surface area is 153 Å². The molecule has 0 aromatic heterocycles. The number of fused-ring (bicyclic) bond motifs is 2. The first-order chi connectivity index (χ1) is 9.42. The van der Waals surface area contributed by atoms with E-state index in [1.807, 2.05) is 0 Å². The molecule has 2 aromatic rings. The molecule has 0 fully saturated rings. The molecule has 96 valence electrons. The molecule has 0 bridgehead atoms. The largest absolute Gasteiger partial charge is 1.00 e. The number of rotatable bonds is 2. The Balaban J connectivity index is 0.00000121. The molecule has 2 unspecified atom stereocenters. The van der Waals surface area contributed by atoms with Gasteiger partial charge in [0.05, 0.1) is 0 Å². The van der Waals surface area contributed by atoms with Gasteiger partial charge in [-0.05, 0) is 28.7 Å². The summed E-state index contributed by atoms with van der Waals surface area (Å²) >= 11 is 0. The fraction of sp³-hybridized carbons (Fsp3) is 0.158. The van der Waals surface area contributed by atoms with Gasteiger partial charge in [0.2, 0.25) is 0 Å². The summed E-state index contributed by atoms with van der Waals surface area (Å²) in [5.41, 5.74) is 5.76. The molecule has 2 aromatic carbocycles. The maximum Gasteiger partial charge on any atom is 1.00 e. The van der Waals surface area contributed by atoms with Crippen molar-refractivity contribution in [2.24, 2.45) is 0 Å². The normalized spacial score (nSPS) is 20.4. The zero-order valence-corrected chi connectivity index (χ0v) is 12.8. The quantitative estimate of drug-likeness (QED) is 0.622. The molecule has 2 atom stereocenters. The Kier molecular flexibility index (Phi) is 5.43. The van der Waals surface area contributed by atoms with E-state index in [1.54, 1.807) is 0 Å². The fourth-order valence-electron chi connectivity index (χ4n) is 3.33. The molecule has 2 aliphatic carbocycles. The van der Waals surface area contributed by atoms with Gasteiger partial charge in [0.1, 0.15) is 0 Å². The van der Waals surface area contributed by atoms with Gasteiger partial charge < -0.3 is 2.85 Å². The standard InChI is InChI=1S/C19H16.2Li.2H/c1-3-7-18-14(5-1)9-11-16(18)13-17-12-10-15-6-2-4-8-19(15)17;;;;/h1-12,16-17H,13H2;;;;/q;2*+1;2*-1. The number of benzene rings is 2. The Bertz CT molecular complexity index is 636. The number of hydrogen-bond acceptors (Lipinski definition) is 0. The van der Waals surface area contributed by atoms with Crippen molar-refractivity contribution in [3.05, 3.63) is 82.9 Å². The molecule has 0 spiro atoms. The third kappa shape index (κ3) is 3.01. The summed E-state index contributed by atoms with van der Waals surface area (Å²) in [6.07, 6.45) is 10.4. The van der Waals surface area contributed by atoms with Gasteiger partial charge in [0.25, 0.3) is 0 Å². The summed E-state index contributed by atoms with van der Waals surface area (Å²) in [7, 11) is 0. The third-order valence-electron chi connectivity index (χ3n) is 4.32. The van der Waals surface area contributed by atoms with Crippen molar-refractivity contribution in [1.29, 1.82) is 0 Å². The maximum atomic E-state index is 2.36. The monoisotopic (exact) mass is 260 g/mol. The molecule has 0 radical (unpaired) electrons. The second-order valence-electron chi connectivity index (χ2n) is 5.42. The summed E-state index contributed by atoms with van der Waals surface area (Å²) in [5.74, 6) is 1.13. The van der Waals surface area contributed by atoms with Crippen molar-refractivity contribution in [3.63, 3.8) is 0 Å². The van der Waals surface area contributed by atoms with Crippen LogP contribution in [-0.4, -0.2) is 0 Å². The summed E-state index contributed by atoms with van der Waals surface area (Å²) < 4.78 is 0. The van der Waals surface area contributed by atoms with E-state index in [0.29, 0.717) is 11.8 Å². The van der Waals surface area contributed by atoms with Gasteiger partial charge >= 0.3 is 37.7 Å². The van der Waals surface area contributed by atoms with Gasteiger partial charge in [-0.25, -0.2) is 0 Å². The fourth-order valence-corrected chi connectivity index (χ4v) is 3.33. The molecule has 2 aliphatic rings. The van der Waals surface area contributed by atoms with E-state index in [4.69, 9.17) is 0 Å². The van der Waals surface area contributed by atoms with E-state index >= 15 is 0 Å². The first-order valence-electron chi connectivity index (χ1n) is 6.96. The minimum atomic E-state index is 0. The molecule has 0 saturated heterocycles. The minimum absolute atomic E-state index is 0. The smallest absolute Gasteiger partial charge is 1.00 e. The molecule has 0 heterocycles. The van der Waals surface area contributed by atoms with E-state index in [-0.39, 0.29) is 40.6 Å². The summed E-state index contributed by atoms with van der Waals surface area (Å²) in [4.78, 5) is 0. The van der Waals surface area contributed by atoms with Crippen LogP contribution in [-0.2, 0) is 0 Å². The van der Waals surface area contributed by atoms with Crippen molar-refractivity contribution in [2.45, 2.75) is 18.3 Å². The van der Waals surface area contributed by atoms with E-state index in [1.165, 1.54) is 28.7 Å². The minimum Gasteiger partial charge on any atom is -1.00 e. The van der Waals surface area contributed by atoms with Crippen LogP contribution in [0.4, 0.5) is 0 Å². The van der Waals surface area contributed by atoms with Crippen LogP contribution >= 0.6 is 0 Å². The SMILES string of the molecule is C1=CC(CC2C=Cc3ccccc32)c2ccccc21.[H-].[H-].[Li+].[Li+]. The van der Waals surface area contributed by atoms with Gasteiger partial charge in [0, 0.05) is 11.8 Å². The Morgan fingerprint density at radius 1 is 0.667 bits per heavy atom. The second-order valence-corrected chi connectivity index (χ2v) is 5.42. The second kappa shape index (κ2) is 6.92. The number of hydrogen-bond donors (Lipinski definition) is 0. The first-order valence-corrected chi connectivity index (χ1v) is 6.96. The van der Waals surface area contributed by atoms with Crippen LogP contribution in [0.25, 0.3) is 12.2 Å². The molecular weight excluding hydrogens is 242 g/mol. The molecule has 0 aliphatic heterocycles. The van der Waals surface area contributed by atoms with Crippen LogP contribution < -0.4 is 37.7 Å². The van der Waals surface area contributed by atoms with Crippen LogP contribution in [0.3, 0.4) is 0 Å². The van der Waals surface area contributed by atoms with Crippen LogP contribution in [0.5, 0.6) is 0 Å². The van der Waals surface area contributed by atoms with Crippen molar-refractivity contribution in [3.8, 4) is 0 Å². The van der Waals surface area contributed by atoms with Gasteiger partial charge in [-0.15, -0.1) is 0 Å². The van der Waals surface area contributed by atoms with Gasteiger partial charge in [-0.3, -0.25) is 0 Å². The summed E-state index contributed by atoms with van der Waals surface area (Å²) in [5, 5.41) is 0. The average Bonchev–Trinajstić information content (AvgIpc) is 3.05. The Hall–Kier alpha value is -0.885. The van der Waals surface area contributed by atoms with Gasteiger partial charge in [-0.2, -0.15) is 0 Å². The molecule has 2 heteroatoms.